The Hall–Kier alpha value is -6.73. The third-order valence-electron chi connectivity index (χ3n) is 12.7. The molecule has 0 amide bonds. The van der Waals surface area contributed by atoms with E-state index in [0.29, 0.717) is 44.9 Å². The predicted molar refractivity (Wildman–Crippen MR) is 280 cm³/mol. The van der Waals surface area contributed by atoms with E-state index in [-0.39, 0.29) is 54.0 Å². The number of aromatic nitrogens is 5. The zero-order chi connectivity index (χ0) is 50.1. The van der Waals surface area contributed by atoms with E-state index in [1.807, 2.05) is 63.4 Å². The van der Waals surface area contributed by atoms with Crippen LogP contribution in [0.2, 0.25) is 0 Å². The molecule has 0 aliphatic heterocycles. The van der Waals surface area contributed by atoms with Crippen LogP contribution in [0.15, 0.2) is 142 Å². The van der Waals surface area contributed by atoms with E-state index in [0.717, 1.165) is 49.9 Å². The summed E-state index contributed by atoms with van der Waals surface area (Å²) >= 11 is 0. The molecule has 5 aromatic heterocycles. The minimum atomic E-state index is -2.46. The third kappa shape index (κ3) is 8.81. The number of fused-ring (bicyclic) bond motifs is 7. The summed E-state index contributed by atoms with van der Waals surface area (Å²) in [5, 5.41) is 3.11. The molecule has 0 unspecified atom stereocenters. The quantitative estimate of drug-likeness (QED) is 0.154. The van der Waals surface area contributed by atoms with E-state index in [1.165, 1.54) is 16.7 Å². The van der Waals surface area contributed by atoms with E-state index in [1.54, 1.807) is 12.1 Å². The van der Waals surface area contributed by atoms with Gasteiger partial charge in [-0.3, -0.25) is 4.98 Å². The van der Waals surface area contributed by atoms with Gasteiger partial charge in [-0.2, -0.15) is 9.97 Å². The molecule has 5 heterocycles. The molecule has 0 aliphatic carbocycles. The van der Waals surface area contributed by atoms with Gasteiger partial charge < -0.3 is 18.4 Å². The minimum Gasteiger partial charge on any atom is -0.486 e. The first-order chi connectivity index (χ1) is 33.8. The largest absolute Gasteiger partial charge is 0.486 e. The Morgan fingerprint density at radius 3 is 2.06 bits per heavy atom. The Morgan fingerprint density at radius 2 is 1.41 bits per heavy atom. The van der Waals surface area contributed by atoms with Crippen molar-refractivity contribution >= 4 is 55.1 Å². The number of furan rings is 1. The summed E-state index contributed by atoms with van der Waals surface area (Å²) in [6.07, 6.45) is 1.95. The molecule has 0 fully saturated rings. The van der Waals surface area contributed by atoms with Crippen molar-refractivity contribution in [1.82, 2.24) is 24.5 Å². The topological polar surface area (TPSA) is 82.8 Å². The number of imidazole rings is 1. The van der Waals surface area contributed by atoms with E-state index in [4.69, 9.17) is 22.9 Å². The normalized spacial score (nSPS) is 13.0. The third-order valence-corrected chi connectivity index (χ3v) is 12.7. The number of pyridine rings is 2. The number of aryl methyl sites for hydroxylation is 1. The Balaban J connectivity index is 0.000000321. The molecule has 0 spiro atoms. The van der Waals surface area contributed by atoms with Gasteiger partial charge in [0, 0.05) is 52.3 Å². The summed E-state index contributed by atoms with van der Waals surface area (Å²) in [5.74, 6) is 1.43. The van der Waals surface area contributed by atoms with Crippen LogP contribution in [-0.2, 0) is 30.9 Å². The zero-order valence-corrected chi connectivity index (χ0v) is 43.1. The fourth-order valence-corrected chi connectivity index (χ4v) is 8.98. The van der Waals surface area contributed by atoms with Gasteiger partial charge in [0.05, 0.1) is 22.4 Å². The first kappa shape index (κ1) is 43.5. The molecule has 6 aromatic carbocycles. The summed E-state index contributed by atoms with van der Waals surface area (Å²) in [5.41, 5.74) is 12.7. The standard InChI is InChI=1S/C46H41N4O2.C15H16N.Ir/c1-25(2)33-22-30(28-14-10-9-11-15-28)23-34(26(3)4)39(33)50-40-31-17-13-12-16-29(31)19-21-36(40)47-43(50)32-20-18-27(5)38-35-24-37-42(48-44(35)52-41(32)38)49-45(51-37)46(6,7)8;1-15(2,3)13-9-10-14(16-11-13)12-7-5-4-6-8-12;/h9-19,21-26H,1-8H3;4-7,9-11H,1-3H3;/q2*-1;/i5D3;;. The van der Waals surface area contributed by atoms with Crippen molar-refractivity contribution in [3.63, 3.8) is 0 Å². The van der Waals surface area contributed by atoms with Crippen LogP contribution in [0.1, 0.15) is 113 Å². The molecule has 0 N–H and O–H groups in total. The summed E-state index contributed by atoms with van der Waals surface area (Å²) in [6.45, 7) is 19.1. The van der Waals surface area contributed by atoms with Crippen LogP contribution in [0.5, 0.6) is 0 Å². The predicted octanol–water partition coefficient (Wildman–Crippen LogP) is 16.4. The van der Waals surface area contributed by atoms with Crippen LogP contribution in [0, 0.1) is 19.0 Å². The second kappa shape index (κ2) is 18.3. The average molecular weight is 1090 g/mol. The van der Waals surface area contributed by atoms with Crippen molar-refractivity contribution in [2.45, 2.75) is 98.8 Å². The molecule has 8 heteroatoms. The number of benzene rings is 6. The van der Waals surface area contributed by atoms with Crippen molar-refractivity contribution in [2.24, 2.45) is 0 Å². The van der Waals surface area contributed by atoms with Gasteiger partial charge in [0.2, 0.25) is 17.3 Å². The van der Waals surface area contributed by atoms with E-state index in [2.05, 4.69) is 154 Å². The van der Waals surface area contributed by atoms with Gasteiger partial charge in [0.1, 0.15) is 0 Å². The van der Waals surface area contributed by atoms with E-state index >= 15 is 0 Å². The van der Waals surface area contributed by atoms with Gasteiger partial charge in [-0.1, -0.05) is 160 Å². The number of rotatable bonds is 6. The maximum atomic E-state index is 8.58. The monoisotopic (exact) mass is 1090 g/mol. The Bertz CT molecular complexity index is 3740. The molecule has 7 nitrogen and oxygen atoms in total. The van der Waals surface area contributed by atoms with Crippen LogP contribution in [0.4, 0.5) is 0 Å². The van der Waals surface area contributed by atoms with Gasteiger partial charge in [-0.25, -0.2) is 0 Å². The van der Waals surface area contributed by atoms with E-state index < -0.39 is 6.85 Å². The van der Waals surface area contributed by atoms with Gasteiger partial charge >= 0.3 is 0 Å². The van der Waals surface area contributed by atoms with E-state index in [9.17, 15) is 0 Å². The van der Waals surface area contributed by atoms with Crippen LogP contribution in [0.3, 0.4) is 0 Å². The second-order valence-corrected chi connectivity index (χ2v) is 20.4. The van der Waals surface area contributed by atoms with Crippen molar-refractivity contribution < 1.29 is 33.1 Å². The fraction of sp³-hybridized carbons (Fsp3) is 0.246. The molecule has 11 aromatic rings. The molecule has 0 atom stereocenters. The fourth-order valence-electron chi connectivity index (χ4n) is 8.98. The molecule has 0 saturated heterocycles. The molecule has 0 saturated carbocycles. The van der Waals surface area contributed by atoms with Gasteiger partial charge in [0.15, 0.2) is 5.58 Å². The Kier molecular flexibility index (Phi) is 11.6. The van der Waals surface area contributed by atoms with Gasteiger partial charge in [-0.05, 0) is 80.4 Å². The molecule has 349 valence electrons. The molecule has 0 aliphatic rings. The van der Waals surface area contributed by atoms with Crippen molar-refractivity contribution in [2.75, 3.05) is 0 Å². The van der Waals surface area contributed by atoms with Gasteiger partial charge in [0.25, 0.3) is 0 Å². The molecule has 11 rings (SSSR count). The molecule has 69 heavy (non-hydrogen) atoms. The van der Waals surface area contributed by atoms with Crippen molar-refractivity contribution in [3.05, 3.63) is 174 Å². The summed E-state index contributed by atoms with van der Waals surface area (Å²) in [6, 6.07) is 49.6. The molecular weight excluding hydrogens is 1030 g/mol. The summed E-state index contributed by atoms with van der Waals surface area (Å²) < 4.78 is 40.9. The van der Waals surface area contributed by atoms with Crippen molar-refractivity contribution in [3.8, 4) is 39.5 Å². The molecular formula is C61H57IrN5O2-2. The van der Waals surface area contributed by atoms with Crippen LogP contribution in [-0.4, -0.2) is 24.5 Å². The number of hydrogen-bond donors (Lipinski definition) is 0. The summed E-state index contributed by atoms with van der Waals surface area (Å²) in [7, 11) is 0. The first-order valence-corrected chi connectivity index (χ1v) is 23.4. The SMILES string of the molecule is CC(C)(C)c1ccc(-c2[c-]cccc2)nc1.[2H]C([2H])([2H])c1c[c-]c(-c2nc3ccc4ccccc4c3n2-c2c(C(C)C)cc(-c3ccccc3)cc2C(C)C)c2oc3nc4nc(C(C)(C)C)oc4cc3c12.[Ir]. The second-order valence-electron chi connectivity index (χ2n) is 20.4. The number of nitrogens with zero attached hydrogens (tertiary/aromatic N) is 5. The van der Waals surface area contributed by atoms with Crippen molar-refractivity contribution in [1.29, 1.82) is 0 Å². The maximum absolute atomic E-state index is 8.58. The maximum Gasteiger partial charge on any atom is 0.218 e. The molecule has 1 radical (unpaired) electrons. The van der Waals surface area contributed by atoms with Crippen LogP contribution < -0.4 is 0 Å². The number of hydrogen-bond acceptors (Lipinski definition) is 6. The minimum absolute atomic E-state index is 0. The Morgan fingerprint density at radius 1 is 0.681 bits per heavy atom. The number of oxazole rings is 1. The van der Waals surface area contributed by atoms with Crippen LogP contribution >= 0.6 is 0 Å². The average Bonchev–Trinajstić information content (AvgIpc) is 4.06. The zero-order valence-electron chi connectivity index (χ0n) is 43.7. The Labute approximate surface area is 422 Å². The summed E-state index contributed by atoms with van der Waals surface area (Å²) in [4.78, 5) is 19.3. The molecule has 0 bridgehead atoms. The van der Waals surface area contributed by atoms with Crippen LogP contribution in [0.25, 0.3) is 94.6 Å². The smallest absolute Gasteiger partial charge is 0.218 e. The first-order valence-electron chi connectivity index (χ1n) is 24.9. The van der Waals surface area contributed by atoms with Gasteiger partial charge in [-0.15, -0.1) is 53.6 Å².